The Morgan fingerprint density at radius 1 is 1.33 bits per heavy atom. The fourth-order valence-corrected chi connectivity index (χ4v) is 1.74. The zero-order chi connectivity index (χ0) is 11.3. The molecule has 0 radical (unpaired) electrons. The summed E-state index contributed by atoms with van der Waals surface area (Å²) in [7, 11) is 3.05. The van der Waals surface area contributed by atoms with Crippen LogP contribution in [0.2, 0.25) is 0 Å². The summed E-state index contributed by atoms with van der Waals surface area (Å²) in [6.45, 7) is 0.806. The smallest absolute Gasteiger partial charge is 0.261 e. The Hall–Kier alpha value is -0.780. The Morgan fingerprint density at radius 3 is 2.67 bits per heavy atom. The Labute approximate surface area is 93.2 Å². The largest absolute Gasteiger partial charge is 0.491 e. The van der Waals surface area contributed by atoms with E-state index in [9.17, 15) is 8.42 Å². The van der Waals surface area contributed by atoms with Crippen molar-refractivity contribution < 1.29 is 17.9 Å². The second kappa shape index (κ2) is 5.34. The van der Waals surface area contributed by atoms with E-state index in [-0.39, 0.29) is 4.90 Å². The van der Waals surface area contributed by atoms with Gasteiger partial charge in [0, 0.05) is 23.9 Å². The first-order chi connectivity index (χ1) is 7.04. The number of methoxy groups -OCH3 is 1. The van der Waals surface area contributed by atoms with Crippen LogP contribution in [0.3, 0.4) is 0 Å². The Kier molecular flexibility index (Phi) is 4.38. The maximum atomic E-state index is 11.0. The number of hydrogen-bond donors (Lipinski definition) is 0. The van der Waals surface area contributed by atoms with E-state index in [0.717, 1.165) is 0 Å². The molecule has 0 atom stereocenters. The number of benzene rings is 1. The van der Waals surface area contributed by atoms with Crippen molar-refractivity contribution in [2.45, 2.75) is 4.90 Å². The zero-order valence-corrected chi connectivity index (χ0v) is 9.72. The van der Waals surface area contributed by atoms with Gasteiger partial charge in [-0.15, -0.1) is 0 Å². The number of ether oxygens (including phenoxy) is 2. The molecule has 0 bridgehead atoms. The molecule has 84 valence electrons. The van der Waals surface area contributed by atoms with Crippen molar-refractivity contribution in [3.05, 3.63) is 24.3 Å². The van der Waals surface area contributed by atoms with Gasteiger partial charge in [0.2, 0.25) is 0 Å². The third kappa shape index (κ3) is 4.07. The van der Waals surface area contributed by atoms with Crippen molar-refractivity contribution in [1.82, 2.24) is 0 Å². The summed E-state index contributed by atoms with van der Waals surface area (Å²) in [5.41, 5.74) is 0. The van der Waals surface area contributed by atoms with E-state index < -0.39 is 9.05 Å². The highest BCUT2D eigenvalue weighted by Gasteiger charge is 2.10. The van der Waals surface area contributed by atoms with Crippen LogP contribution in [-0.2, 0) is 13.8 Å². The summed E-state index contributed by atoms with van der Waals surface area (Å²) in [5.74, 6) is 0.453. The molecule has 0 saturated heterocycles. The molecule has 0 unspecified atom stereocenters. The standard InChI is InChI=1S/C9H11ClO4S/c1-13-5-6-14-8-3-2-4-9(7-8)15(10,11)12/h2-4,7H,5-6H2,1H3. The highest BCUT2D eigenvalue weighted by atomic mass is 35.7. The SMILES string of the molecule is COCCOc1cccc(S(=O)(=O)Cl)c1. The molecule has 0 aliphatic rings. The van der Waals surface area contributed by atoms with Gasteiger partial charge in [-0.3, -0.25) is 0 Å². The number of hydrogen-bond acceptors (Lipinski definition) is 4. The summed E-state index contributed by atoms with van der Waals surface area (Å²) in [4.78, 5) is 0.0269. The normalized spacial score (nSPS) is 11.3. The molecule has 0 N–H and O–H groups in total. The van der Waals surface area contributed by atoms with Gasteiger partial charge in [-0.1, -0.05) is 6.07 Å². The molecule has 0 aliphatic heterocycles. The van der Waals surface area contributed by atoms with Crippen molar-refractivity contribution in [1.29, 1.82) is 0 Å². The first kappa shape index (κ1) is 12.3. The second-order valence-electron chi connectivity index (χ2n) is 2.75. The third-order valence-electron chi connectivity index (χ3n) is 1.64. The van der Waals surface area contributed by atoms with Gasteiger partial charge >= 0.3 is 0 Å². The zero-order valence-electron chi connectivity index (χ0n) is 8.14. The average Bonchev–Trinajstić information content (AvgIpc) is 2.17. The lowest BCUT2D eigenvalue weighted by Crippen LogP contribution is -2.04. The lowest BCUT2D eigenvalue weighted by atomic mass is 10.3. The van der Waals surface area contributed by atoms with Crippen molar-refractivity contribution in [3.8, 4) is 5.75 Å². The van der Waals surface area contributed by atoms with Crippen LogP contribution >= 0.6 is 10.7 Å². The minimum Gasteiger partial charge on any atom is -0.491 e. The topological polar surface area (TPSA) is 52.6 Å². The van der Waals surface area contributed by atoms with E-state index in [0.29, 0.717) is 19.0 Å². The van der Waals surface area contributed by atoms with Crippen molar-refractivity contribution in [3.63, 3.8) is 0 Å². The van der Waals surface area contributed by atoms with Gasteiger partial charge in [0.15, 0.2) is 0 Å². The lowest BCUT2D eigenvalue weighted by molar-refractivity contribution is 0.146. The van der Waals surface area contributed by atoms with Crippen molar-refractivity contribution >= 4 is 19.7 Å². The third-order valence-corrected chi connectivity index (χ3v) is 2.99. The summed E-state index contributed by atoms with van der Waals surface area (Å²) in [5, 5.41) is 0. The monoisotopic (exact) mass is 250 g/mol. The molecule has 1 aromatic carbocycles. The van der Waals surface area contributed by atoms with Crippen LogP contribution in [0.15, 0.2) is 29.2 Å². The molecule has 0 aliphatic carbocycles. The van der Waals surface area contributed by atoms with Crippen molar-refractivity contribution in [2.24, 2.45) is 0 Å². The van der Waals surface area contributed by atoms with Crippen LogP contribution in [-0.4, -0.2) is 28.7 Å². The predicted octanol–water partition coefficient (Wildman–Crippen LogP) is 1.64. The molecule has 0 heterocycles. The highest BCUT2D eigenvalue weighted by molar-refractivity contribution is 8.13. The second-order valence-corrected chi connectivity index (χ2v) is 5.32. The van der Waals surface area contributed by atoms with E-state index in [1.165, 1.54) is 12.1 Å². The van der Waals surface area contributed by atoms with E-state index in [1.807, 2.05) is 0 Å². The van der Waals surface area contributed by atoms with Crippen molar-refractivity contribution in [2.75, 3.05) is 20.3 Å². The van der Waals surface area contributed by atoms with Gasteiger partial charge < -0.3 is 9.47 Å². The molecular formula is C9H11ClO4S. The molecular weight excluding hydrogens is 240 g/mol. The van der Waals surface area contributed by atoms with Crippen LogP contribution in [0.25, 0.3) is 0 Å². The molecule has 1 aromatic rings. The van der Waals surface area contributed by atoms with Gasteiger partial charge in [0.25, 0.3) is 9.05 Å². The van der Waals surface area contributed by atoms with Crippen LogP contribution in [0.4, 0.5) is 0 Å². The van der Waals surface area contributed by atoms with Crippen LogP contribution in [0, 0.1) is 0 Å². The average molecular weight is 251 g/mol. The highest BCUT2D eigenvalue weighted by Crippen LogP contribution is 2.20. The first-order valence-electron chi connectivity index (χ1n) is 4.20. The molecule has 15 heavy (non-hydrogen) atoms. The fraction of sp³-hybridized carbons (Fsp3) is 0.333. The minimum absolute atomic E-state index is 0.0269. The quantitative estimate of drug-likeness (QED) is 0.589. The number of halogens is 1. The molecule has 4 nitrogen and oxygen atoms in total. The van der Waals surface area contributed by atoms with Gasteiger partial charge in [0.1, 0.15) is 12.4 Å². The maximum absolute atomic E-state index is 11.0. The van der Waals surface area contributed by atoms with E-state index in [1.54, 1.807) is 19.2 Å². The van der Waals surface area contributed by atoms with E-state index in [4.69, 9.17) is 20.2 Å². The predicted molar refractivity (Wildman–Crippen MR) is 56.9 cm³/mol. The van der Waals surface area contributed by atoms with Gasteiger partial charge in [-0.2, -0.15) is 0 Å². The minimum atomic E-state index is -3.69. The summed E-state index contributed by atoms with van der Waals surface area (Å²) < 4.78 is 32.0. The Balaban J connectivity index is 2.75. The summed E-state index contributed by atoms with van der Waals surface area (Å²) in [6, 6.07) is 6.00. The summed E-state index contributed by atoms with van der Waals surface area (Å²) in [6.07, 6.45) is 0. The molecule has 0 fully saturated rings. The van der Waals surface area contributed by atoms with Gasteiger partial charge in [-0.25, -0.2) is 8.42 Å². The Morgan fingerprint density at radius 2 is 2.07 bits per heavy atom. The molecule has 0 aromatic heterocycles. The first-order valence-corrected chi connectivity index (χ1v) is 6.51. The fourth-order valence-electron chi connectivity index (χ4n) is 0.959. The summed E-state index contributed by atoms with van der Waals surface area (Å²) >= 11 is 0. The van der Waals surface area contributed by atoms with E-state index in [2.05, 4.69) is 0 Å². The van der Waals surface area contributed by atoms with Crippen LogP contribution in [0.5, 0.6) is 5.75 Å². The molecule has 0 saturated carbocycles. The van der Waals surface area contributed by atoms with Crippen LogP contribution in [0.1, 0.15) is 0 Å². The van der Waals surface area contributed by atoms with Gasteiger partial charge in [-0.05, 0) is 12.1 Å². The molecule has 0 amide bonds. The van der Waals surface area contributed by atoms with Gasteiger partial charge in [0.05, 0.1) is 11.5 Å². The molecule has 6 heteroatoms. The Bertz CT molecular complexity index is 416. The lowest BCUT2D eigenvalue weighted by Gasteiger charge is -2.05. The van der Waals surface area contributed by atoms with E-state index >= 15 is 0 Å². The maximum Gasteiger partial charge on any atom is 0.261 e. The number of rotatable bonds is 5. The van der Waals surface area contributed by atoms with Crippen LogP contribution < -0.4 is 4.74 Å². The molecule has 1 rings (SSSR count). The molecule has 0 spiro atoms.